The van der Waals surface area contributed by atoms with Crippen LogP contribution in [0, 0.1) is 5.92 Å². The van der Waals surface area contributed by atoms with Gasteiger partial charge in [-0.2, -0.15) is 0 Å². The maximum atomic E-state index is 5.47. The highest BCUT2D eigenvalue weighted by Gasteiger charge is 2.14. The second-order valence-corrected chi connectivity index (χ2v) is 7.03. The fourth-order valence-electron chi connectivity index (χ4n) is 2.33. The molecule has 1 atom stereocenters. The third-order valence-corrected chi connectivity index (χ3v) is 4.01. The van der Waals surface area contributed by atoms with Gasteiger partial charge in [0.1, 0.15) is 0 Å². The average molecular weight is 377 g/mol. The van der Waals surface area contributed by atoms with Gasteiger partial charge in [0.2, 0.25) is 0 Å². The summed E-state index contributed by atoms with van der Waals surface area (Å²) in [5.74, 6) is 0.589. The molecule has 0 aliphatic carbocycles. The van der Waals surface area contributed by atoms with Gasteiger partial charge in [0.05, 0.1) is 6.04 Å². The third-order valence-electron chi connectivity index (χ3n) is 3.30. The molecule has 0 radical (unpaired) electrons. The van der Waals surface area contributed by atoms with E-state index in [1.807, 2.05) is 30.3 Å². The summed E-state index contributed by atoms with van der Waals surface area (Å²) in [6.07, 6.45) is 1.03. The molecule has 4 heteroatoms. The summed E-state index contributed by atoms with van der Waals surface area (Å²) in [6.45, 7) is 4.45. The second-order valence-electron chi connectivity index (χ2n) is 5.70. The Hall–Kier alpha value is -1.39. The van der Waals surface area contributed by atoms with Crippen LogP contribution in [0.2, 0.25) is 0 Å². The molecule has 0 aliphatic heterocycles. The van der Waals surface area contributed by atoms with Crippen LogP contribution in [0.25, 0.3) is 0 Å². The summed E-state index contributed by atoms with van der Waals surface area (Å²) >= 11 is 8.94. The first-order valence-corrected chi connectivity index (χ1v) is 8.62. The number of rotatable bonds is 5. The van der Waals surface area contributed by atoms with Crippen LogP contribution >= 0.6 is 28.1 Å². The van der Waals surface area contributed by atoms with E-state index in [0.717, 1.165) is 16.6 Å². The Balaban J connectivity index is 2.05. The molecule has 2 N–H and O–H groups in total. The highest BCUT2D eigenvalue weighted by molar-refractivity contribution is 9.10. The first-order valence-electron chi connectivity index (χ1n) is 7.42. The quantitative estimate of drug-likeness (QED) is 0.671. The topological polar surface area (TPSA) is 24.1 Å². The summed E-state index contributed by atoms with van der Waals surface area (Å²) in [6, 6.07) is 18.6. The van der Waals surface area contributed by atoms with Crippen LogP contribution in [0.4, 0.5) is 5.69 Å². The van der Waals surface area contributed by atoms with Gasteiger partial charge in [-0.05, 0) is 48.3 Å². The molecule has 2 rings (SSSR count). The number of thiocarbonyl (C=S) groups is 1. The van der Waals surface area contributed by atoms with Gasteiger partial charge in [0, 0.05) is 10.2 Å². The van der Waals surface area contributed by atoms with Gasteiger partial charge in [-0.1, -0.05) is 66.2 Å². The highest BCUT2D eigenvalue weighted by atomic mass is 79.9. The molecule has 0 saturated carbocycles. The van der Waals surface area contributed by atoms with E-state index < -0.39 is 0 Å². The Kier molecular flexibility index (Phi) is 6.40. The van der Waals surface area contributed by atoms with Crippen molar-refractivity contribution < 1.29 is 0 Å². The first kappa shape index (κ1) is 17.0. The third kappa shape index (κ3) is 5.43. The molecule has 0 fully saturated rings. The molecular formula is C18H21BrN2S. The fraction of sp³-hybridized carbons (Fsp3) is 0.278. The van der Waals surface area contributed by atoms with Crippen molar-refractivity contribution in [1.82, 2.24) is 5.32 Å². The number of halogens is 1. The summed E-state index contributed by atoms with van der Waals surface area (Å²) in [5, 5.41) is 7.33. The zero-order chi connectivity index (χ0) is 15.9. The molecule has 0 amide bonds. The van der Waals surface area contributed by atoms with Gasteiger partial charge in [0.25, 0.3) is 0 Å². The predicted octanol–water partition coefficient (Wildman–Crippen LogP) is 5.52. The van der Waals surface area contributed by atoms with Crippen LogP contribution in [0.1, 0.15) is 31.9 Å². The molecule has 116 valence electrons. The average Bonchev–Trinajstić information content (AvgIpc) is 2.47. The first-order chi connectivity index (χ1) is 10.5. The Bertz CT molecular complexity index is 613. The molecule has 0 bridgehead atoms. The van der Waals surface area contributed by atoms with Crippen LogP contribution in [-0.4, -0.2) is 5.11 Å². The van der Waals surface area contributed by atoms with E-state index >= 15 is 0 Å². The Morgan fingerprint density at radius 2 is 1.82 bits per heavy atom. The molecule has 2 nitrogen and oxygen atoms in total. The Labute approximate surface area is 146 Å². The number of hydrogen-bond donors (Lipinski definition) is 2. The zero-order valence-corrected chi connectivity index (χ0v) is 15.2. The van der Waals surface area contributed by atoms with Crippen molar-refractivity contribution in [3.63, 3.8) is 0 Å². The lowest BCUT2D eigenvalue weighted by molar-refractivity contribution is 0.481. The standard InChI is InChI=1S/C18H21BrN2S/c1-13(2)11-17(14-7-4-3-5-8-14)21-18(22)20-16-10-6-9-15(19)12-16/h3-10,12-13,17H,11H2,1-2H3,(H2,20,21,22). The van der Waals surface area contributed by atoms with Crippen LogP contribution in [0.15, 0.2) is 59.1 Å². The van der Waals surface area contributed by atoms with Crippen molar-refractivity contribution in [3.05, 3.63) is 64.6 Å². The Morgan fingerprint density at radius 1 is 1.09 bits per heavy atom. The van der Waals surface area contributed by atoms with Crippen molar-refractivity contribution in [2.45, 2.75) is 26.3 Å². The normalized spacial score (nSPS) is 12.0. The van der Waals surface area contributed by atoms with Crippen molar-refractivity contribution in [2.24, 2.45) is 5.92 Å². The molecule has 0 aliphatic rings. The molecule has 0 aromatic heterocycles. The van der Waals surface area contributed by atoms with Gasteiger partial charge >= 0.3 is 0 Å². The number of anilines is 1. The molecular weight excluding hydrogens is 356 g/mol. The molecule has 22 heavy (non-hydrogen) atoms. The fourth-order valence-corrected chi connectivity index (χ4v) is 2.99. The summed E-state index contributed by atoms with van der Waals surface area (Å²) in [7, 11) is 0. The van der Waals surface area contributed by atoms with E-state index in [0.29, 0.717) is 11.0 Å². The van der Waals surface area contributed by atoms with E-state index in [4.69, 9.17) is 12.2 Å². The van der Waals surface area contributed by atoms with E-state index in [1.165, 1.54) is 5.56 Å². The lowest BCUT2D eigenvalue weighted by Crippen LogP contribution is -2.33. The minimum Gasteiger partial charge on any atom is -0.356 e. The number of nitrogens with one attached hydrogen (secondary N) is 2. The van der Waals surface area contributed by atoms with Gasteiger partial charge in [0.15, 0.2) is 5.11 Å². The Morgan fingerprint density at radius 3 is 2.45 bits per heavy atom. The summed E-state index contributed by atoms with van der Waals surface area (Å²) < 4.78 is 1.03. The van der Waals surface area contributed by atoms with Crippen LogP contribution in [0.5, 0.6) is 0 Å². The van der Waals surface area contributed by atoms with Gasteiger partial charge in [-0.25, -0.2) is 0 Å². The lowest BCUT2D eigenvalue weighted by Gasteiger charge is -2.23. The van der Waals surface area contributed by atoms with Crippen molar-refractivity contribution in [3.8, 4) is 0 Å². The molecule has 2 aromatic carbocycles. The SMILES string of the molecule is CC(C)CC(NC(=S)Nc1cccc(Br)c1)c1ccccc1. The van der Waals surface area contributed by atoms with Crippen LogP contribution in [-0.2, 0) is 0 Å². The summed E-state index contributed by atoms with van der Waals surface area (Å²) in [4.78, 5) is 0. The van der Waals surface area contributed by atoms with E-state index in [2.05, 4.69) is 64.7 Å². The smallest absolute Gasteiger partial charge is 0.171 e. The number of hydrogen-bond acceptors (Lipinski definition) is 1. The molecule has 0 saturated heterocycles. The highest BCUT2D eigenvalue weighted by Crippen LogP contribution is 2.22. The largest absolute Gasteiger partial charge is 0.356 e. The van der Waals surface area contributed by atoms with Crippen molar-refractivity contribution >= 4 is 38.9 Å². The zero-order valence-electron chi connectivity index (χ0n) is 12.8. The van der Waals surface area contributed by atoms with Crippen molar-refractivity contribution in [1.29, 1.82) is 0 Å². The maximum Gasteiger partial charge on any atom is 0.171 e. The van der Waals surface area contributed by atoms with E-state index in [9.17, 15) is 0 Å². The minimum absolute atomic E-state index is 0.216. The van der Waals surface area contributed by atoms with Gasteiger partial charge in [-0.3, -0.25) is 0 Å². The van der Waals surface area contributed by atoms with Gasteiger partial charge < -0.3 is 10.6 Å². The molecule has 1 unspecified atom stereocenters. The van der Waals surface area contributed by atoms with E-state index in [-0.39, 0.29) is 6.04 Å². The molecule has 0 heterocycles. The predicted molar refractivity (Wildman–Crippen MR) is 102 cm³/mol. The molecule has 0 spiro atoms. The van der Waals surface area contributed by atoms with E-state index in [1.54, 1.807) is 0 Å². The van der Waals surface area contributed by atoms with Crippen LogP contribution in [0.3, 0.4) is 0 Å². The second kappa shape index (κ2) is 8.30. The summed E-state index contributed by atoms with van der Waals surface area (Å²) in [5.41, 5.74) is 2.23. The van der Waals surface area contributed by atoms with Gasteiger partial charge in [-0.15, -0.1) is 0 Å². The monoisotopic (exact) mass is 376 g/mol. The number of benzene rings is 2. The maximum absolute atomic E-state index is 5.47. The van der Waals surface area contributed by atoms with Crippen LogP contribution < -0.4 is 10.6 Å². The lowest BCUT2D eigenvalue weighted by atomic mass is 9.97. The van der Waals surface area contributed by atoms with Crippen molar-refractivity contribution in [2.75, 3.05) is 5.32 Å². The minimum atomic E-state index is 0.216. The molecule has 2 aromatic rings.